The van der Waals surface area contributed by atoms with Gasteiger partial charge in [0, 0.05) is 25.7 Å². The van der Waals surface area contributed by atoms with E-state index in [2.05, 4.69) is 15.5 Å². The molecule has 0 radical (unpaired) electrons. The zero-order valence-electron chi connectivity index (χ0n) is 10.9. The average Bonchev–Trinajstić information content (AvgIpc) is 2.40. The molecule has 18 heavy (non-hydrogen) atoms. The summed E-state index contributed by atoms with van der Waals surface area (Å²) in [7, 11) is 0. The number of amides is 1. The smallest absolute Gasteiger partial charge is 0.234 e. The van der Waals surface area contributed by atoms with Crippen LogP contribution in [0.1, 0.15) is 25.7 Å². The van der Waals surface area contributed by atoms with E-state index in [0.29, 0.717) is 12.6 Å². The first-order valence-corrected chi connectivity index (χ1v) is 7.13. The van der Waals surface area contributed by atoms with E-state index < -0.39 is 0 Å². The SMILES string of the molecule is O=C1CN(C2CCOC3(CCNCC3)C2)CCN1. The predicted molar refractivity (Wildman–Crippen MR) is 68.4 cm³/mol. The average molecular weight is 253 g/mol. The van der Waals surface area contributed by atoms with Gasteiger partial charge in [-0.2, -0.15) is 0 Å². The number of hydrogen-bond acceptors (Lipinski definition) is 4. The molecule has 1 amide bonds. The van der Waals surface area contributed by atoms with Gasteiger partial charge in [0.15, 0.2) is 0 Å². The van der Waals surface area contributed by atoms with E-state index in [9.17, 15) is 4.79 Å². The Hall–Kier alpha value is -0.650. The summed E-state index contributed by atoms with van der Waals surface area (Å²) in [5.74, 6) is 0.173. The lowest BCUT2D eigenvalue weighted by molar-refractivity contribution is -0.135. The highest BCUT2D eigenvalue weighted by Crippen LogP contribution is 2.35. The largest absolute Gasteiger partial charge is 0.375 e. The van der Waals surface area contributed by atoms with Crippen LogP contribution < -0.4 is 10.6 Å². The third-order valence-electron chi connectivity index (χ3n) is 4.57. The Morgan fingerprint density at radius 2 is 2.11 bits per heavy atom. The lowest BCUT2D eigenvalue weighted by Gasteiger charge is -2.47. The standard InChI is InChI=1S/C13H23N3O2/c17-12-10-16(7-6-15-12)11-1-8-18-13(9-11)2-4-14-5-3-13/h11,14H,1-10H2,(H,15,17). The second kappa shape index (κ2) is 5.15. The highest BCUT2D eigenvalue weighted by Gasteiger charge is 2.40. The van der Waals surface area contributed by atoms with Crippen molar-refractivity contribution in [2.75, 3.05) is 39.3 Å². The molecule has 2 N–H and O–H groups in total. The molecule has 3 aliphatic rings. The van der Waals surface area contributed by atoms with Crippen LogP contribution in [0.15, 0.2) is 0 Å². The van der Waals surface area contributed by atoms with Crippen molar-refractivity contribution in [1.82, 2.24) is 15.5 Å². The summed E-state index contributed by atoms with van der Waals surface area (Å²) in [6.07, 6.45) is 4.40. The lowest BCUT2D eigenvalue weighted by Crippen LogP contribution is -2.57. The summed E-state index contributed by atoms with van der Waals surface area (Å²) in [6.45, 7) is 5.33. The number of carbonyl (C=O) groups excluding carboxylic acids is 1. The molecule has 1 spiro atoms. The number of nitrogens with zero attached hydrogens (tertiary/aromatic N) is 1. The zero-order chi connectivity index (χ0) is 12.4. The van der Waals surface area contributed by atoms with E-state index in [0.717, 1.165) is 58.5 Å². The number of carbonyl (C=O) groups is 1. The van der Waals surface area contributed by atoms with Gasteiger partial charge in [-0.15, -0.1) is 0 Å². The maximum atomic E-state index is 11.5. The number of rotatable bonds is 1. The molecule has 3 heterocycles. The van der Waals surface area contributed by atoms with Gasteiger partial charge < -0.3 is 15.4 Å². The van der Waals surface area contributed by atoms with Crippen molar-refractivity contribution in [3.63, 3.8) is 0 Å². The Bertz CT molecular complexity index is 310. The van der Waals surface area contributed by atoms with E-state index in [4.69, 9.17) is 4.74 Å². The summed E-state index contributed by atoms with van der Waals surface area (Å²) in [4.78, 5) is 13.8. The van der Waals surface area contributed by atoms with Crippen LogP contribution in [0, 0.1) is 0 Å². The van der Waals surface area contributed by atoms with Gasteiger partial charge in [-0.1, -0.05) is 0 Å². The topological polar surface area (TPSA) is 53.6 Å². The van der Waals surface area contributed by atoms with Crippen molar-refractivity contribution in [2.45, 2.75) is 37.3 Å². The van der Waals surface area contributed by atoms with Crippen LogP contribution in [0.25, 0.3) is 0 Å². The van der Waals surface area contributed by atoms with Crippen molar-refractivity contribution in [3.05, 3.63) is 0 Å². The van der Waals surface area contributed by atoms with Crippen molar-refractivity contribution in [2.24, 2.45) is 0 Å². The second-order valence-corrected chi connectivity index (χ2v) is 5.75. The van der Waals surface area contributed by atoms with Crippen LogP contribution in [0.4, 0.5) is 0 Å². The monoisotopic (exact) mass is 253 g/mol. The Kier molecular flexibility index (Phi) is 3.54. The van der Waals surface area contributed by atoms with Gasteiger partial charge in [-0.3, -0.25) is 9.69 Å². The summed E-state index contributed by atoms with van der Waals surface area (Å²) >= 11 is 0. The molecule has 0 aliphatic carbocycles. The molecule has 1 unspecified atom stereocenters. The molecular formula is C13H23N3O2. The summed E-state index contributed by atoms with van der Waals surface area (Å²) in [5.41, 5.74) is 0.0854. The van der Waals surface area contributed by atoms with Crippen LogP contribution in [0.2, 0.25) is 0 Å². The highest BCUT2D eigenvalue weighted by atomic mass is 16.5. The molecular weight excluding hydrogens is 230 g/mol. The maximum absolute atomic E-state index is 11.5. The number of ether oxygens (including phenoxy) is 1. The molecule has 0 saturated carbocycles. The number of piperazine rings is 1. The first-order valence-electron chi connectivity index (χ1n) is 7.13. The van der Waals surface area contributed by atoms with E-state index in [1.165, 1.54) is 0 Å². The Balaban J connectivity index is 1.64. The van der Waals surface area contributed by atoms with Gasteiger partial charge in [-0.25, -0.2) is 0 Å². The lowest BCUT2D eigenvalue weighted by atomic mass is 9.82. The Morgan fingerprint density at radius 3 is 2.89 bits per heavy atom. The predicted octanol–water partition coefficient (Wildman–Crippen LogP) is -0.281. The molecule has 3 saturated heterocycles. The van der Waals surface area contributed by atoms with Crippen LogP contribution in [-0.2, 0) is 9.53 Å². The fourth-order valence-electron chi connectivity index (χ4n) is 3.51. The molecule has 0 bridgehead atoms. The van der Waals surface area contributed by atoms with Gasteiger partial charge in [0.25, 0.3) is 0 Å². The fourth-order valence-corrected chi connectivity index (χ4v) is 3.51. The molecule has 0 aromatic carbocycles. The first-order chi connectivity index (χ1) is 8.77. The van der Waals surface area contributed by atoms with E-state index >= 15 is 0 Å². The molecule has 3 aliphatic heterocycles. The molecule has 0 aromatic heterocycles. The minimum absolute atomic E-state index is 0.0854. The zero-order valence-corrected chi connectivity index (χ0v) is 10.9. The first kappa shape index (κ1) is 12.4. The molecule has 102 valence electrons. The summed E-state index contributed by atoms with van der Waals surface area (Å²) in [5, 5.41) is 6.30. The van der Waals surface area contributed by atoms with Crippen LogP contribution >= 0.6 is 0 Å². The van der Waals surface area contributed by atoms with Crippen molar-refractivity contribution in [1.29, 1.82) is 0 Å². The molecule has 0 aromatic rings. The van der Waals surface area contributed by atoms with Gasteiger partial charge in [0.1, 0.15) is 0 Å². The second-order valence-electron chi connectivity index (χ2n) is 5.75. The molecule has 3 rings (SSSR count). The normalized spacial score (nSPS) is 33.3. The van der Waals surface area contributed by atoms with E-state index in [1.807, 2.05) is 0 Å². The minimum Gasteiger partial charge on any atom is -0.375 e. The van der Waals surface area contributed by atoms with Gasteiger partial charge in [0.2, 0.25) is 5.91 Å². The van der Waals surface area contributed by atoms with E-state index in [1.54, 1.807) is 0 Å². The van der Waals surface area contributed by atoms with Crippen molar-refractivity contribution >= 4 is 5.91 Å². The number of hydrogen-bond donors (Lipinski definition) is 2. The summed E-state index contributed by atoms with van der Waals surface area (Å²) < 4.78 is 6.09. The Morgan fingerprint density at radius 1 is 1.28 bits per heavy atom. The van der Waals surface area contributed by atoms with Gasteiger partial charge >= 0.3 is 0 Å². The van der Waals surface area contributed by atoms with Crippen LogP contribution in [-0.4, -0.2) is 61.8 Å². The third-order valence-corrected chi connectivity index (χ3v) is 4.57. The van der Waals surface area contributed by atoms with Crippen molar-refractivity contribution in [3.8, 4) is 0 Å². The van der Waals surface area contributed by atoms with Crippen LogP contribution in [0.3, 0.4) is 0 Å². The van der Waals surface area contributed by atoms with Crippen molar-refractivity contribution < 1.29 is 9.53 Å². The highest BCUT2D eigenvalue weighted by molar-refractivity contribution is 5.78. The Labute approximate surface area is 108 Å². The fraction of sp³-hybridized carbons (Fsp3) is 0.923. The molecule has 1 atom stereocenters. The quantitative estimate of drug-likeness (QED) is 0.675. The molecule has 5 nitrogen and oxygen atoms in total. The third kappa shape index (κ3) is 2.53. The van der Waals surface area contributed by atoms with E-state index in [-0.39, 0.29) is 11.5 Å². The van der Waals surface area contributed by atoms with Crippen LogP contribution in [0.5, 0.6) is 0 Å². The number of nitrogens with one attached hydrogen (secondary N) is 2. The number of piperidine rings is 1. The molecule has 3 fully saturated rings. The minimum atomic E-state index is 0.0854. The molecule has 5 heteroatoms. The van der Waals surface area contributed by atoms with Gasteiger partial charge in [0.05, 0.1) is 12.1 Å². The van der Waals surface area contributed by atoms with Gasteiger partial charge in [-0.05, 0) is 38.8 Å². The maximum Gasteiger partial charge on any atom is 0.234 e. The summed E-state index contributed by atoms with van der Waals surface area (Å²) in [6, 6.07) is 0.530.